The largest absolute Gasteiger partial charge is 0.371 e. The zero-order valence-corrected chi connectivity index (χ0v) is 13.4. The summed E-state index contributed by atoms with van der Waals surface area (Å²) in [4.78, 5) is 25.4. The van der Waals surface area contributed by atoms with Gasteiger partial charge in [-0.05, 0) is 12.5 Å². The Kier molecular flexibility index (Phi) is 5.24. The van der Waals surface area contributed by atoms with Gasteiger partial charge in [-0.15, -0.1) is 0 Å². The van der Waals surface area contributed by atoms with Crippen LogP contribution in [0, 0.1) is 6.92 Å². The Hall–Kier alpha value is -2.22. The Labute approximate surface area is 138 Å². The second-order valence-corrected chi connectivity index (χ2v) is 5.75. The first-order valence-corrected chi connectivity index (χ1v) is 7.81. The molecule has 0 bridgehead atoms. The number of aromatic nitrogens is 2. The van der Waals surface area contributed by atoms with Crippen LogP contribution >= 0.6 is 0 Å². The van der Waals surface area contributed by atoms with Crippen molar-refractivity contribution in [3.8, 4) is 0 Å². The summed E-state index contributed by atoms with van der Waals surface area (Å²) in [6, 6.07) is 9.86. The fraction of sp³-hybridized carbons (Fsp3) is 0.412. The molecule has 0 unspecified atom stereocenters. The molecule has 1 aliphatic heterocycles. The summed E-state index contributed by atoms with van der Waals surface area (Å²) in [6.45, 7) is 3.18. The highest BCUT2D eigenvalue weighted by atomic mass is 16.7. The van der Waals surface area contributed by atoms with Crippen LogP contribution in [0.4, 0.5) is 0 Å². The summed E-state index contributed by atoms with van der Waals surface area (Å²) < 4.78 is 18.3. The van der Waals surface area contributed by atoms with Crippen LogP contribution in [0.25, 0.3) is 0 Å². The van der Waals surface area contributed by atoms with E-state index in [9.17, 15) is 9.59 Å². The van der Waals surface area contributed by atoms with Crippen molar-refractivity contribution in [1.82, 2.24) is 9.55 Å². The van der Waals surface area contributed by atoms with Gasteiger partial charge >= 0.3 is 5.69 Å². The Morgan fingerprint density at radius 3 is 2.88 bits per heavy atom. The van der Waals surface area contributed by atoms with E-state index < -0.39 is 12.0 Å². The van der Waals surface area contributed by atoms with E-state index in [0.29, 0.717) is 31.9 Å². The van der Waals surface area contributed by atoms with E-state index in [1.54, 1.807) is 6.92 Å². The number of H-pyrrole nitrogens is 1. The van der Waals surface area contributed by atoms with E-state index in [1.807, 2.05) is 30.3 Å². The van der Waals surface area contributed by atoms with Crippen LogP contribution < -0.4 is 11.2 Å². The zero-order valence-electron chi connectivity index (χ0n) is 13.4. The molecule has 1 aromatic heterocycles. The standard InChI is InChI=1S/C17H20N2O5/c1-12-7-19(17(21)18-16(12)20)8-14-10-23-15(24-14)11-22-9-13-5-3-2-4-6-13/h2-7,14-15H,8-11H2,1H3,(H,18,20,21)/t14-,15-/m1/s1. The minimum absolute atomic E-state index is 0.252. The molecule has 1 saturated heterocycles. The van der Waals surface area contributed by atoms with Crippen molar-refractivity contribution in [2.45, 2.75) is 32.5 Å². The van der Waals surface area contributed by atoms with Gasteiger partial charge in [0.15, 0.2) is 6.29 Å². The summed E-state index contributed by atoms with van der Waals surface area (Å²) in [5.74, 6) is 0. The lowest BCUT2D eigenvalue weighted by atomic mass is 10.2. The fourth-order valence-corrected chi connectivity index (χ4v) is 2.51. The highest BCUT2D eigenvalue weighted by molar-refractivity contribution is 5.13. The van der Waals surface area contributed by atoms with E-state index in [1.165, 1.54) is 10.8 Å². The molecule has 2 atom stereocenters. The molecule has 1 aromatic carbocycles. The molecule has 1 N–H and O–H groups in total. The number of nitrogens with zero attached hydrogens (tertiary/aromatic N) is 1. The molecule has 1 aliphatic rings. The molecule has 24 heavy (non-hydrogen) atoms. The number of rotatable bonds is 6. The van der Waals surface area contributed by atoms with E-state index in [-0.39, 0.29) is 11.7 Å². The van der Waals surface area contributed by atoms with Gasteiger partial charge in [-0.25, -0.2) is 4.79 Å². The summed E-state index contributed by atoms with van der Waals surface area (Å²) in [5, 5.41) is 0. The lowest BCUT2D eigenvalue weighted by Crippen LogP contribution is -2.34. The highest BCUT2D eigenvalue weighted by Gasteiger charge is 2.26. The molecule has 0 radical (unpaired) electrons. The molecule has 7 heteroatoms. The monoisotopic (exact) mass is 332 g/mol. The Balaban J connectivity index is 1.48. The maximum absolute atomic E-state index is 11.8. The third-order valence-electron chi connectivity index (χ3n) is 3.77. The van der Waals surface area contributed by atoms with Crippen LogP contribution in [0.3, 0.4) is 0 Å². The third kappa shape index (κ3) is 4.19. The number of ether oxygens (including phenoxy) is 3. The van der Waals surface area contributed by atoms with E-state index in [2.05, 4.69) is 4.98 Å². The molecule has 0 aliphatic carbocycles. The third-order valence-corrected chi connectivity index (χ3v) is 3.77. The molecule has 2 aromatic rings. The second kappa shape index (κ2) is 7.57. The van der Waals surface area contributed by atoms with Crippen molar-refractivity contribution < 1.29 is 14.2 Å². The normalized spacial score (nSPS) is 20.4. The number of aromatic amines is 1. The van der Waals surface area contributed by atoms with E-state index in [4.69, 9.17) is 14.2 Å². The number of benzene rings is 1. The average molecular weight is 332 g/mol. The molecule has 0 amide bonds. The van der Waals surface area contributed by atoms with Crippen LogP contribution in [-0.2, 0) is 27.4 Å². The van der Waals surface area contributed by atoms with Gasteiger partial charge in [0, 0.05) is 11.8 Å². The summed E-state index contributed by atoms with van der Waals surface area (Å²) >= 11 is 0. The van der Waals surface area contributed by atoms with Crippen molar-refractivity contribution in [2.75, 3.05) is 13.2 Å². The fourth-order valence-electron chi connectivity index (χ4n) is 2.51. The Bertz CT molecular complexity index is 784. The predicted molar refractivity (Wildman–Crippen MR) is 86.8 cm³/mol. The van der Waals surface area contributed by atoms with Gasteiger partial charge in [0.05, 0.1) is 26.4 Å². The van der Waals surface area contributed by atoms with Crippen LogP contribution in [0.15, 0.2) is 46.1 Å². The molecule has 1 fully saturated rings. The molecule has 128 valence electrons. The lowest BCUT2D eigenvalue weighted by molar-refractivity contribution is -0.109. The number of hydrogen-bond acceptors (Lipinski definition) is 5. The molecular weight excluding hydrogens is 312 g/mol. The van der Waals surface area contributed by atoms with Gasteiger partial charge in [0.25, 0.3) is 5.56 Å². The molecular formula is C17H20N2O5. The molecule has 0 spiro atoms. The number of aryl methyl sites for hydroxylation is 1. The zero-order chi connectivity index (χ0) is 16.9. The summed E-state index contributed by atoms with van der Waals surface area (Å²) in [7, 11) is 0. The minimum Gasteiger partial charge on any atom is -0.371 e. The SMILES string of the molecule is Cc1cn(C[C@@H]2CO[C@@H](COCc3ccccc3)O2)c(=O)[nH]c1=O. The van der Waals surface area contributed by atoms with Crippen molar-refractivity contribution in [3.63, 3.8) is 0 Å². The molecule has 7 nitrogen and oxygen atoms in total. The van der Waals surface area contributed by atoms with Gasteiger partial charge in [0.1, 0.15) is 6.10 Å². The maximum Gasteiger partial charge on any atom is 0.328 e. The minimum atomic E-state index is -0.446. The van der Waals surface area contributed by atoms with Gasteiger partial charge in [-0.2, -0.15) is 0 Å². The van der Waals surface area contributed by atoms with Crippen LogP contribution in [-0.4, -0.2) is 35.2 Å². The van der Waals surface area contributed by atoms with Gasteiger partial charge in [0.2, 0.25) is 0 Å². The van der Waals surface area contributed by atoms with Crippen LogP contribution in [0.1, 0.15) is 11.1 Å². The number of nitrogens with one attached hydrogen (secondary N) is 1. The first-order chi connectivity index (χ1) is 11.6. The molecule has 3 rings (SSSR count). The smallest absolute Gasteiger partial charge is 0.328 e. The topological polar surface area (TPSA) is 82.6 Å². The van der Waals surface area contributed by atoms with Crippen molar-refractivity contribution in [1.29, 1.82) is 0 Å². The molecule has 2 heterocycles. The Morgan fingerprint density at radius 1 is 1.29 bits per heavy atom. The highest BCUT2D eigenvalue weighted by Crippen LogP contribution is 2.14. The quantitative estimate of drug-likeness (QED) is 0.846. The predicted octanol–water partition coefficient (Wildman–Crippen LogP) is 0.803. The summed E-state index contributed by atoms with van der Waals surface area (Å²) in [6.07, 6.45) is 0.834. The second-order valence-electron chi connectivity index (χ2n) is 5.75. The maximum atomic E-state index is 11.8. The lowest BCUT2D eigenvalue weighted by Gasteiger charge is -2.13. The van der Waals surface area contributed by atoms with Gasteiger partial charge in [-0.3, -0.25) is 14.3 Å². The average Bonchev–Trinajstić information content (AvgIpc) is 3.01. The first-order valence-electron chi connectivity index (χ1n) is 7.81. The van der Waals surface area contributed by atoms with E-state index in [0.717, 1.165) is 5.56 Å². The summed E-state index contributed by atoms with van der Waals surface area (Å²) in [5.41, 5.74) is 0.753. The van der Waals surface area contributed by atoms with Crippen molar-refractivity contribution in [2.24, 2.45) is 0 Å². The van der Waals surface area contributed by atoms with Gasteiger partial charge in [-0.1, -0.05) is 30.3 Å². The van der Waals surface area contributed by atoms with Crippen molar-refractivity contribution in [3.05, 3.63) is 68.5 Å². The van der Waals surface area contributed by atoms with Crippen LogP contribution in [0.5, 0.6) is 0 Å². The molecule has 0 saturated carbocycles. The first kappa shape index (κ1) is 16.6. The number of hydrogen-bond donors (Lipinski definition) is 1. The van der Waals surface area contributed by atoms with E-state index >= 15 is 0 Å². The van der Waals surface area contributed by atoms with Crippen molar-refractivity contribution >= 4 is 0 Å². The van der Waals surface area contributed by atoms with Crippen LogP contribution in [0.2, 0.25) is 0 Å². The van der Waals surface area contributed by atoms with Gasteiger partial charge < -0.3 is 14.2 Å². The Morgan fingerprint density at radius 2 is 2.08 bits per heavy atom.